The quantitative estimate of drug-likeness (QED) is 0.380. The summed E-state index contributed by atoms with van der Waals surface area (Å²) in [5.41, 5.74) is 9.65. The van der Waals surface area contributed by atoms with Crippen molar-refractivity contribution < 1.29 is 22.2 Å². The van der Waals surface area contributed by atoms with E-state index >= 15 is 0 Å². The summed E-state index contributed by atoms with van der Waals surface area (Å²) in [6, 6.07) is 3.09. The van der Waals surface area contributed by atoms with Gasteiger partial charge in [0.05, 0.1) is 6.20 Å². The predicted molar refractivity (Wildman–Crippen MR) is 67.5 cm³/mol. The number of nitrogens with one attached hydrogen (secondary N) is 3. The summed E-state index contributed by atoms with van der Waals surface area (Å²) in [4.78, 5) is 30.9. The minimum absolute atomic E-state index is 0.287. The summed E-state index contributed by atoms with van der Waals surface area (Å²) in [5, 5.41) is 0. The number of aromatic amines is 3. The van der Waals surface area contributed by atoms with Gasteiger partial charge < -0.3 is 28.7 Å². The van der Waals surface area contributed by atoms with Crippen LogP contribution in [0.3, 0.4) is 0 Å². The van der Waals surface area contributed by atoms with E-state index in [0.29, 0.717) is 11.6 Å². The van der Waals surface area contributed by atoms with Crippen molar-refractivity contribution >= 4 is 18.9 Å². The molecular formula is C8H11BF4N6O2. The van der Waals surface area contributed by atoms with Gasteiger partial charge in [0.15, 0.2) is 5.82 Å². The van der Waals surface area contributed by atoms with Crippen molar-refractivity contribution in [2.24, 2.45) is 0 Å². The van der Waals surface area contributed by atoms with Gasteiger partial charge in [0.25, 0.3) is 0 Å². The molecule has 0 aliphatic heterocycles. The maximum Gasteiger partial charge on any atom is 0.673 e. The number of anilines is 2. The fraction of sp³-hybridized carbons (Fsp3) is 0. The number of hydrogen-bond acceptors (Lipinski definition) is 5. The Hall–Kier alpha value is -2.86. The number of rotatable bonds is 0. The fourth-order valence-corrected chi connectivity index (χ4v) is 0.799. The van der Waals surface area contributed by atoms with Gasteiger partial charge in [-0.05, 0) is 6.07 Å². The maximum atomic E-state index is 10.3. The van der Waals surface area contributed by atoms with Gasteiger partial charge in [0.2, 0.25) is 0 Å². The summed E-state index contributed by atoms with van der Waals surface area (Å²) >= 11 is 0. The van der Waals surface area contributed by atoms with E-state index in [4.69, 9.17) is 11.5 Å². The minimum Gasteiger partial charge on any atom is -0.418 e. The number of aromatic nitrogens is 4. The molecule has 2 heterocycles. The molecule has 0 fully saturated rings. The van der Waals surface area contributed by atoms with Crippen LogP contribution in [0.1, 0.15) is 0 Å². The summed E-state index contributed by atoms with van der Waals surface area (Å²) in [5.74, 6) is 0.707. The summed E-state index contributed by atoms with van der Waals surface area (Å²) in [6.07, 6.45) is 2.84. The largest absolute Gasteiger partial charge is 0.673 e. The average molecular weight is 310 g/mol. The van der Waals surface area contributed by atoms with Crippen LogP contribution in [0.4, 0.5) is 28.9 Å². The topological polar surface area (TPSA) is 145 Å². The minimum atomic E-state index is -6.00. The van der Waals surface area contributed by atoms with Crippen molar-refractivity contribution in [3.63, 3.8) is 0 Å². The molecule has 0 aliphatic carbocycles. The molecule has 0 unspecified atom stereocenters. The van der Waals surface area contributed by atoms with Crippen LogP contribution in [0, 0.1) is 0 Å². The zero-order valence-electron chi connectivity index (χ0n) is 10.3. The lowest BCUT2D eigenvalue weighted by Crippen LogP contribution is -2.28. The number of halogens is 4. The van der Waals surface area contributed by atoms with Crippen molar-refractivity contribution in [3.05, 3.63) is 45.5 Å². The first kappa shape index (κ1) is 18.1. The summed E-state index contributed by atoms with van der Waals surface area (Å²) < 4.78 is 39.0. The van der Waals surface area contributed by atoms with Gasteiger partial charge in [-0.15, -0.1) is 0 Å². The highest BCUT2D eigenvalue weighted by Crippen LogP contribution is 2.06. The molecule has 7 N–H and O–H groups in total. The molecule has 116 valence electrons. The first-order valence-corrected chi connectivity index (χ1v) is 5.12. The molecule has 0 saturated carbocycles. The molecule has 0 atom stereocenters. The third kappa shape index (κ3) is 13.4. The molecule has 0 saturated heterocycles. The lowest BCUT2D eigenvalue weighted by atomic mass is 10.3. The molecule has 8 nitrogen and oxygen atoms in total. The van der Waals surface area contributed by atoms with Crippen LogP contribution >= 0.6 is 0 Å². The molecule has 21 heavy (non-hydrogen) atoms. The van der Waals surface area contributed by atoms with E-state index in [2.05, 4.69) is 19.9 Å². The van der Waals surface area contributed by atoms with Gasteiger partial charge in [-0.25, -0.2) is 14.8 Å². The van der Waals surface area contributed by atoms with Crippen LogP contribution < -0.4 is 27.8 Å². The Morgan fingerprint density at radius 3 is 1.86 bits per heavy atom. The zero-order valence-corrected chi connectivity index (χ0v) is 10.3. The number of hydrogen-bond donors (Lipinski definition) is 4. The van der Waals surface area contributed by atoms with Crippen LogP contribution in [-0.4, -0.2) is 22.2 Å². The second-order valence-corrected chi connectivity index (χ2v) is 3.21. The molecule has 0 spiro atoms. The Bertz CT molecular complexity index is 600. The monoisotopic (exact) mass is 310 g/mol. The average Bonchev–Trinajstić information content (AvgIpc) is 2.26. The highest BCUT2D eigenvalue weighted by molar-refractivity contribution is 6.50. The Labute approximate surface area is 114 Å². The normalized spacial score (nSPS) is 9.71. The Morgan fingerprint density at radius 1 is 1.05 bits per heavy atom. The molecule has 0 radical (unpaired) electrons. The van der Waals surface area contributed by atoms with Crippen LogP contribution in [-0.2, 0) is 0 Å². The maximum absolute atomic E-state index is 10.3. The number of nitrogens with two attached hydrogens (primary N) is 2. The van der Waals surface area contributed by atoms with E-state index in [-0.39, 0.29) is 5.69 Å². The first-order valence-electron chi connectivity index (χ1n) is 5.12. The van der Waals surface area contributed by atoms with Crippen molar-refractivity contribution in [1.29, 1.82) is 0 Å². The number of nitrogen functional groups attached to an aromatic ring is 2. The lowest BCUT2D eigenvalue weighted by Gasteiger charge is -1.94. The van der Waals surface area contributed by atoms with E-state index in [9.17, 15) is 26.9 Å². The second kappa shape index (κ2) is 8.34. The molecule has 2 aromatic heterocycles. The van der Waals surface area contributed by atoms with Crippen molar-refractivity contribution in [2.75, 3.05) is 11.5 Å². The zero-order chi connectivity index (χ0) is 16.5. The van der Waals surface area contributed by atoms with E-state index in [0.717, 1.165) is 0 Å². The van der Waals surface area contributed by atoms with Crippen molar-refractivity contribution in [2.45, 2.75) is 0 Å². The van der Waals surface area contributed by atoms with Crippen LogP contribution in [0.2, 0.25) is 0 Å². The fourth-order valence-electron chi connectivity index (χ4n) is 0.799. The van der Waals surface area contributed by atoms with Gasteiger partial charge in [0.1, 0.15) is 5.82 Å². The number of nitrogens with zero attached hydrogens (tertiary/aromatic N) is 1. The molecule has 0 bridgehead atoms. The van der Waals surface area contributed by atoms with Gasteiger partial charge in [0, 0.05) is 12.3 Å². The highest BCUT2D eigenvalue weighted by Gasteiger charge is 2.20. The Kier molecular flexibility index (Phi) is 7.21. The molecule has 0 aromatic carbocycles. The van der Waals surface area contributed by atoms with Gasteiger partial charge >= 0.3 is 18.6 Å². The van der Waals surface area contributed by atoms with E-state index < -0.39 is 12.9 Å². The number of H-pyrrole nitrogens is 3. The van der Waals surface area contributed by atoms with Crippen LogP contribution in [0.25, 0.3) is 0 Å². The summed E-state index contributed by atoms with van der Waals surface area (Å²) in [6.45, 7) is 0. The third-order valence-electron chi connectivity index (χ3n) is 1.43. The predicted octanol–water partition coefficient (Wildman–Crippen LogP) is -0.577. The smallest absolute Gasteiger partial charge is 0.418 e. The van der Waals surface area contributed by atoms with Gasteiger partial charge in [-0.3, -0.25) is 4.98 Å². The van der Waals surface area contributed by atoms with Gasteiger partial charge in [-0.1, -0.05) is 0 Å². The van der Waals surface area contributed by atoms with Crippen molar-refractivity contribution in [3.8, 4) is 0 Å². The third-order valence-corrected chi connectivity index (χ3v) is 1.43. The Morgan fingerprint density at radius 2 is 1.57 bits per heavy atom. The van der Waals surface area contributed by atoms with E-state index in [1.165, 1.54) is 18.5 Å². The van der Waals surface area contributed by atoms with Crippen LogP contribution in [0.15, 0.2) is 34.1 Å². The van der Waals surface area contributed by atoms with E-state index in [1.54, 1.807) is 6.07 Å². The second-order valence-electron chi connectivity index (χ2n) is 3.21. The molecule has 2 aromatic rings. The standard InChI is InChI=1S/2C4H5N3O.BF4/c2*5-3-1-2-6-4(8)7-3;2-1(3,4)5/h2*1-2H,(H3,5,6,7,8);/q;;-1/p+1. The molecular weight excluding hydrogens is 299 g/mol. The molecule has 2 rings (SSSR count). The van der Waals surface area contributed by atoms with Gasteiger partial charge in [-0.2, -0.15) is 9.78 Å². The highest BCUT2D eigenvalue weighted by atomic mass is 19.5. The first-order chi connectivity index (χ1) is 9.58. The molecule has 0 amide bonds. The summed E-state index contributed by atoms with van der Waals surface area (Å²) in [7, 11) is -6.00. The Balaban J connectivity index is 0.000000296. The van der Waals surface area contributed by atoms with E-state index in [1.807, 2.05) is 0 Å². The lowest BCUT2D eigenvalue weighted by molar-refractivity contribution is -0.402. The van der Waals surface area contributed by atoms with Crippen molar-refractivity contribution in [1.82, 2.24) is 15.0 Å². The molecule has 13 heteroatoms. The molecule has 0 aliphatic rings. The SMILES string of the molecule is F[B-](F)(F)F.Nc1cc[nH+]c(=O)[nH]1.Nc1ccnc(=O)[nH]1. The van der Waals surface area contributed by atoms with Crippen LogP contribution in [0.5, 0.6) is 0 Å².